The van der Waals surface area contributed by atoms with Gasteiger partial charge in [0.15, 0.2) is 0 Å². The first-order valence-corrected chi connectivity index (χ1v) is 8.16. The van der Waals surface area contributed by atoms with E-state index >= 15 is 0 Å². The second-order valence-electron chi connectivity index (χ2n) is 5.24. The van der Waals surface area contributed by atoms with Gasteiger partial charge in [0.25, 0.3) is 0 Å². The van der Waals surface area contributed by atoms with Crippen LogP contribution < -0.4 is 0 Å². The lowest BCUT2D eigenvalue weighted by Gasteiger charge is -2.21. The van der Waals surface area contributed by atoms with E-state index in [1.54, 1.807) is 0 Å². The molecule has 0 aliphatic rings. The maximum absolute atomic E-state index is 9.09. The third kappa shape index (κ3) is 4.99. The SMILES string of the molecule is CCn1cc(CN(CCCO)Cc2ccc(Cl)c(Cl)c2)cn1. The number of benzene rings is 1. The van der Waals surface area contributed by atoms with Crippen LogP contribution in [0, 0.1) is 0 Å². The van der Waals surface area contributed by atoms with E-state index in [0.29, 0.717) is 10.0 Å². The van der Waals surface area contributed by atoms with Gasteiger partial charge in [0.1, 0.15) is 0 Å². The van der Waals surface area contributed by atoms with Gasteiger partial charge in [0, 0.05) is 44.5 Å². The Morgan fingerprint density at radius 3 is 2.59 bits per heavy atom. The third-order valence-corrected chi connectivity index (χ3v) is 4.18. The molecule has 0 saturated heterocycles. The van der Waals surface area contributed by atoms with Crippen molar-refractivity contribution < 1.29 is 5.11 Å². The predicted octanol–water partition coefficient (Wildman–Crippen LogP) is 3.59. The highest BCUT2D eigenvalue weighted by Crippen LogP contribution is 2.23. The Morgan fingerprint density at radius 1 is 1.18 bits per heavy atom. The van der Waals surface area contributed by atoms with Crippen molar-refractivity contribution in [1.29, 1.82) is 0 Å². The summed E-state index contributed by atoms with van der Waals surface area (Å²) in [6, 6.07) is 5.69. The average molecular weight is 342 g/mol. The van der Waals surface area contributed by atoms with Crippen LogP contribution in [0.15, 0.2) is 30.6 Å². The summed E-state index contributed by atoms with van der Waals surface area (Å²) in [6.07, 6.45) is 4.69. The summed E-state index contributed by atoms with van der Waals surface area (Å²) in [5, 5.41) is 14.5. The quantitative estimate of drug-likeness (QED) is 0.797. The Balaban J connectivity index is 2.05. The first-order valence-electron chi connectivity index (χ1n) is 7.41. The largest absolute Gasteiger partial charge is 0.396 e. The zero-order chi connectivity index (χ0) is 15.9. The van der Waals surface area contributed by atoms with Gasteiger partial charge in [0.05, 0.1) is 16.2 Å². The number of aliphatic hydroxyl groups excluding tert-OH is 1. The first kappa shape index (κ1) is 17.3. The fraction of sp³-hybridized carbons (Fsp3) is 0.438. The standard InChI is InChI=1S/C16H21Cl2N3O/c1-2-21-12-14(9-19-21)11-20(6-3-7-22)10-13-4-5-15(17)16(18)8-13/h4-5,8-9,12,22H,2-3,6-7,10-11H2,1H3. The molecule has 1 aromatic carbocycles. The van der Waals surface area contributed by atoms with E-state index in [1.165, 1.54) is 5.56 Å². The van der Waals surface area contributed by atoms with Crippen molar-refractivity contribution in [3.8, 4) is 0 Å². The van der Waals surface area contributed by atoms with Crippen LogP contribution >= 0.6 is 23.2 Å². The highest BCUT2D eigenvalue weighted by atomic mass is 35.5. The van der Waals surface area contributed by atoms with Crippen LogP contribution in [-0.4, -0.2) is 32.9 Å². The van der Waals surface area contributed by atoms with Crippen LogP contribution in [0.25, 0.3) is 0 Å². The van der Waals surface area contributed by atoms with Gasteiger partial charge >= 0.3 is 0 Å². The zero-order valence-electron chi connectivity index (χ0n) is 12.7. The third-order valence-electron chi connectivity index (χ3n) is 3.44. The molecule has 1 heterocycles. The zero-order valence-corrected chi connectivity index (χ0v) is 14.2. The molecule has 1 aromatic heterocycles. The topological polar surface area (TPSA) is 41.3 Å². The number of hydrogen-bond donors (Lipinski definition) is 1. The number of hydrogen-bond acceptors (Lipinski definition) is 3. The van der Waals surface area contributed by atoms with E-state index in [2.05, 4.69) is 23.1 Å². The highest BCUT2D eigenvalue weighted by Gasteiger charge is 2.10. The molecule has 6 heteroatoms. The van der Waals surface area contributed by atoms with E-state index in [9.17, 15) is 0 Å². The lowest BCUT2D eigenvalue weighted by atomic mass is 10.2. The van der Waals surface area contributed by atoms with E-state index < -0.39 is 0 Å². The molecule has 0 atom stereocenters. The number of aromatic nitrogens is 2. The summed E-state index contributed by atoms with van der Waals surface area (Å²) in [7, 11) is 0. The molecule has 1 N–H and O–H groups in total. The van der Waals surface area contributed by atoms with Crippen LogP contribution in [0.3, 0.4) is 0 Å². The van der Waals surface area contributed by atoms with E-state index in [4.69, 9.17) is 28.3 Å². The van der Waals surface area contributed by atoms with E-state index in [-0.39, 0.29) is 6.61 Å². The van der Waals surface area contributed by atoms with Gasteiger partial charge in [-0.15, -0.1) is 0 Å². The van der Waals surface area contributed by atoms with Crippen LogP contribution in [-0.2, 0) is 19.6 Å². The summed E-state index contributed by atoms with van der Waals surface area (Å²) in [5.74, 6) is 0. The van der Waals surface area contributed by atoms with Crippen molar-refractivity contribution in [2.45, 2.75) is 33.0 Å². The lowest BCUT2D eigenvalue weighted by molar-refractivity contribution is 0.212. The molecular formula is C16H21Cl2N3O. The first-order chi connectivity index (χ1) is 10.6. The molecule has 4 nitrogen and oxygen atoms in total. The van der Waals surface area contributed by atoms with Gasteiger partial charge in [-0.2, -0.15) is 5.10 Å². The van der Waals surface area contributed by atoms with Gasteiger partial charge in [-0.3, -0.25) is 9.58 Å². The fourth-order valence-electron chi connectivity index (χ4n) is 2.32. The Bertz CT molecular complexity index is 601. The molecule has 2 aromatic rings. The number of rotatable bonds is 8. The summed E-state index contributed by atoms with van der Waals surface area (Å²) in [5.41, 5.74) is 2.27. The highest BCUT2D eigenvalue weighted by molar-refractivity contribution is 6.42. The second kappa shape index (κ2) is 8.53. The lowest BCUT2D eigenvalue weighted by Crippen LogP contribution is -2.24. The molecule has 22 heavy (non-hydrogen) atoms. The van der Waals surface area contributed by atoms with Crippen LogP contribution in [0.2, 0.25) is 10.0 Å². The molecule has 0 saturated carbocycles. The molecule has 0 spiro atoms. The smallest absolute Gasteiger partial charge is 0.0595 e. The van der Waals surface area contributed by atoms with Gasteiger partial charge < -0.3 is 5.11 Å². The molecule has 0 aliphatic heterocycles. The van der Waals surface area contributed by atoms with Gasteiger partial charge in [0.2, 0.25) is 0 Å². The summed E-state index contributed by atoms with van der Waals surface area (Å²) in [4.78, 5) is 2.27. The summed E-state index contributed by atoms with van der Waals surface area (Å²) < 4.78 is 1.92. The second-order valence-corrected chi connectivity index (χ2v) is 6.05. The van der Waals surface area contributed by atoms with Crippen LogP contribution in [0.4, 0.5) is 0 Å². The van der Waals surface area contributed by atoms with Crippen molar-refractivity contribution in [1.82, 2.24) is 14.7 Å². The molecule has 120 valence electrons. The van der Waals surface area contributed by atoms with Crippen molar-refractivity contribution in [2.24, 2.45) is 0 Å². The van der Waals surface area contributed by atoms with Crippen molar-refractivity contribution in [3.05, 3.63) is 51.8 Å². The van der Waals surface area contributed by atoms with E-state index in [1.807, 2.05) is 29.1 Å². The van der Waals surface area contributed by atoms with Crippen molar-refractivity contribution >= 4 is 23.2 Å². The van der Waals surface area contributed by atoms with Gasteiger partial charge in [-0.25, -0.2) is 0 Å². The molecule has 0 amide bonds. The Hall–Kier alpha value is -1.07. The Morgan fingerprint density at radius 2 is 1.95 bits per heavy atom. The normalized spacial score (nSPS) is 11.3. The number of nitrogens with zero attached hydrogens (tertiary/aromatic N) is 3. The number of aryl methyl sites for hydroxylation is 1. The predicted molar refractivity (Wildman–Crippen MR) is 90.2 cm³/mol. The molecule has 0 aliphatic carbocycles. The van der Waals surface area contributed by atoms with Crippen molar-refractivity contribution in [3.63, 3.8) is 0 Å². The summed E-state index contributed by atoms with van der Waals surface area (Å²) in [6.45, 7) is 5.48. The van der Waals surface area contributed by atoms with Crippen LogP contribution in [0.5, 0.6) is 0 Å². The van der Waals surface area contributed by atoms with Gasteiger partial charge in [-0.05, 0) is 31.0 Å². The molecule has 2 rings (SSSR count). The minimum absolute atomic E-state index is 0.187. The molecule has 0 radical (unpaired) electrons. The Kier molecular flexibility index (Phi) is 6.70. The Labute approximate surface area is 141 Å². The molecule has 0 unspecified atom stereocenters. The molecule has 0 bridgehead atoms. The van der Waals surface area contributed by atoms with Crippen LogP contribution in [0.1, 0.15) is 24.5 Å². The number of aliphatic hydroxyl groups is 1. The average Bonchev–Trinajstić information content (AvgIpc) is 2.96. The monoisotopic (exact) mass is 341 g/mol. The number of halogens is 2. The fourth-order valence-corrected chi connectivity index (χ4v) is 2.64. The maximum atomic E-state index is 9.09. The molecular weight excluding hydrogens is 321 g/mol. The summed E-state index contributed by atoms with van der Waals surface area (Å²) >= 11 is 12.0. The molecule has 0 fully saturated rings. The maximum Gasteiger partial charge on any atom is 0.0595 e. The van der Waals surface area contributed by atoms with Gasteiger partial charge in [-0.1, -0.05) is 29.3 Å². The minimum Gasteiger partial charge on any atom is -0.396 e. The minimum atomic E-state index is 0.187. The van der Waals surface area contributed by atoms with E-state index in [0.717, 1.165) is 38.2 Å². The van der Waals surface area contributed by atoms with Crippen molar-refractivity contribution in [2.75, 3.05) is 13.2 Å².